The highest BCUT2D eigenvalue weighted by Gasteiger charge is 2.36. The van der Waals surface area contributed by atoms with Crippen LogP contribution in [0.5, 0.6) is 0 Å². The van der Waals surface area contributed by atoms with Crippen LogP contribution in [0.3, 0.4) is 0 Å². The molecule has 0 aromatic carbocycles. The quantitative estimate of drug-likeness (QED) is 0.815. The van der Waals surface area contributed by atoms with Gasteiger partial charge in [-0.25, -0.2) is 0 Å². The van der Waals surface area contributed by atoms with Crippen LogP contribution >= 0.6 is 0 Å². The highest BCUT2D eigenvalue weighted by molar-refractivity contribution is 4.96. The molecule has 3 unspecified atom stereocenters. The van der Waals surface area contributed by atoms with Crippen molar-refractivity contribution < 1.29 is 4.74 Å². The molecule has 2 heterocycles. The monoisotopic (exact) mass is 254 g/mol. The van der Waals surface area contributed by atoms with E-state index in [2.05, 4.69) is 38.0 Å². The second-order valence-electron chi connectivity index (χ2n) is 6.95. The van der Waals surface area contributed by atoms with Crippen LogP contribution in [0.4, 0.5) is 0 Å². The van der Waals surface area contributed by atoms with E-state index in [1.54, 1.807) is 0 Å². The van der Waals surface area contributed by atoms with Crippen molar-refractivity contribution in [2.75, 3.05) is 14.2 Å². The van der Waals surface area contributed by atoms with Gasteiger partial charge in [-0.3, -0.25) is 0 Å². The molecule has 0 aromatic heterocycles. The summed E-state index contributed by atoms with van der Waals surface area (Å²) >= 11 is 0. The Balaban J connectivity index is 1.88. The Hall–Kier alpha value is -0.120. The van der Waals surface area contributed by atoms with Crippen molar-refractivity contribution in [1.82, 2.24) is 10.2 Å². The minimum Gasteiger partial charge on any atom is -0.379 e. The third-order valence-electron chi connectivity index (χ3n) is 5.06. The van der Waals surface area contributed by atoms with Gasteiger partial charge in [-0.2, -0.15) is 0 Å². The number of rotatable bonds is 5. The van der Waals surface area contributed by atoms with E-state index >= 15 is 0 Å². The molecule has 2 saturated heterocycles. The topological polar surface area (TPSA) is 24.5 Å². The first kappa shape index (κ1) is 14.3. The molecule has 106 valence electrons. The van der Waals surface area contributed by atoms with Crippen LogP contribution in [0, 0.1) is 0 Å². The maximum Gasteiger partial charge on any atom is 0.0637 e. The molecule has 0 saturated carbocycles. The highest BCUT2D eigenvalue weighted by Crippen LogP contribution is 2.31. The largest absolute Gasteiger partial charge is 0.379 e. The van der Waals surface area contributed by atoms with Gasteiger partial charge in [-0.1, -0.05) is 0 Å². The lowest BCUT2D eigenvalue weighted by molar-refractivity contribution is -0.0109. The molecule has 2 aliphatic rings. The lowest BCUT2D eigenvalue weighted by Crippen LogP contribution is -2.50. The third-order valence-corrected chi connectivity index (χ3v) is 5.06. The predicted octanol–water partition coefficient (Wildman–Crippen LogP) is 2.40. The average molecular weight is 254 g/mol. The van der Waals surface area contributed by atoms with Crippen molar-refractivity contribution in [2.45, 2.75) is 82.6 Å². The summed E-state index contributed by atoms with van der Waals surface area (Å²) < 4.78 is 5.56. The van der Waals surface area contributed by atoms with Crippen molar-refractivity contribution in [3.8, 4) is 0 Å². The molecule has 1 N–H and O–H groups in total. The van der Waals surface area contributed by atoms with Gasteiger partial charge in [0, 0.05) is 31.3 Å². The van der Waals surface area contributed by atoms with Crippen LogP contribution in [0.2, 0.25) is 0 Å². The van der Waals surface area contributed by atoms with E-state index in [0.29, 0.717) is 6.04 Å². The Kier molecular flexibility index (Phi) is 4.35. The van der Waals surface area contributed by atoms with Crippen LogP contribution in [0.1, 0.15) is 52.9 Å². The van der Waals surface area contributed by atoms with Crippen molar-refractivity contribution in [2.24, 2.45) is 0 Å². The van der Waals surface area contributed by atoms with Gasteiger partial charge in [0.15, 0.2) is 0 Å². The molecular weight excluding hydrogens is 224 g/mol. The molecule has 0 aliphatic carbocycles. The standard InChI is InChI=1S/C15H30N2O/c1-11(10-15(2,3)18-5)17(4)14-8-12-6-7-13(9-14)16-12/h11-14,16H,6-10H2,1-5H3. The van der Waals surface area contributed by atoms with Gasteiger partial charge in [0.1, 0.15) is 0 Å². The molecule has 0 radical (unpaired) electrons. The zero-order valence-electron chi connectivity index (χ0n) is 12.7. The van der Waals surface area contributed by atoms with E-state index in [4.69, 9.17) is 4.74 Å². The number of hydrogen-bond acceptors (Lipinski definition) is 3. The summed E-state index contributed by atoms with van der Waals surface area (Å²) in [5.74, 6) is 0. The Bertz CT molecular complexity index is 268. The molecule has 2 bridgehead atoms. The van der Waals surface area contributed by atoms with Crippen LogP contribution in [-0.4, -0.2) is 48.8 Å². The first-order valence-corrected chi connectivity index (χ1v) is 7.44. The normalized spacial score (nSPS) is 34.0. The van der Waals surface area contributed by atoms with E-state index in [1.807, 2.05) is 7.11 Å². The van der Waals surface area contributed by atoms with Gasteiger partial charge in [-0.15, -0.1) is 0 Å². The second-order valence-corrected chi connectivity index (χ2v) is 6.95. The van der Waals surface area contributed by atoms with Crippen molar-refractivity contribution in [3.05, 3.63) is 0 Å². The van der Waals surface area contributed by atoms with Crippen LogP contribution in [0.15, 0.2) is 0 Å². The lowest BCUT2D eigenvalue weighted by Gasteiger charge is -2.40. The Labute approximate surface area is 112 Å². The first-order chi connectivity index (χ1) is 8.41. The maximum absolute atomic E-state index is 5.56. The fourth-order valence-corrected chi connectivity index (χ4v) is 3.66. The van der Waals surface area contributed by atoms with Crippen molar-refractivity contribution >= 4 is 0 Å². The maximum atomic E-state index is 5.56. The number of fused-ring (bicyclic) bond motifs is 2. The molecular formula is C15H30N2O. The molecule has 0 amide bonds. The summed E-state index contributed by atoms with van der Waals surface area (Å²) in [5, 5.41) is 3.72. The zero-order valence-corrected chi connectivity index (χ0v) is 12.7. The molecule has 2 aliphatic heterocycles. The van der Waals surface area contributed by atoms with Crippen LogP contribution < -0.4 is 5.32 Å². The predicted molar refractivity (Wildman–Crippen MR) is 75.9 cm³/mol. The summed E-state index contributed by atoms with van der Waals surface area (Å²) in [5.41, 5.74) is -0.0143. The van der Waals surface area contributed by atoms with Gasteiger partial charge < -0.3 is 15.0 Å². The molecule has 3 atom stereocenters. The van der Waals surface area contributed by atoms with E-state index in [9.17, 15) is 0 Å². The summed E-state index contributed by atoms with van der Waals surface area (Å²) in [6.07, 6.45) is 6.51. The highest BCUT2D eigenvalue weighted by atomic mass is 16.5. The molecule has 18 heavy (non-hydrogen) atoms. The number of ether oxygens (including phenoxy) is 1. The average Bonchev–Trinajstić information content (AvgIpc) is 2.66. The minimum absolute atomic E-state index is 0.0143. The smallest absolute Gasteiger partial charge is 0.0637 e. The Morgan fingerprint density at radius 2 is 1.83 bits per heavy atom. The van der Waals surface area contributed by atoms with Gasteiger partial charge in [0.2, 0.25) is 0 Å². The van der Waals surface area contributed by atoms with Crippen LogP contribution in [0.25, 0.3) is 0 Å². The van der Waals surface area contributed by atoms with Gasteiger partial charge in [0.05, 0.1) is 5.60 Å². The summed E-state index contributed by atoms with van der Waals surface area (Å²) in [7, 11) is 4.11. The number of piperidine rings is 1. The van der Waals surface area contributed by atoms with E-state index < -0.39 is 0 Å². The molecule has 3 heteroatoms. The number of nitrogens with one attached hydrogen (secondary N) is 1. The molecule has 3 nitrogen and oxygen atoms in total. The van der Waals surface area contributed by atoms with E-state index in [1.165, 1.54) is 25.7 Å². The summed E-state index contributed by atoms with van der Waals surface area (Å²) in [4.78, 5) is 2.59. The van der Waals surface area contributed by atoms with Crippen LogP contribution in [-0.2, 0) is 4.74 Å². The van der Waals surface area contributed by atoms with Gasteiger partial charge in [0.25, 0.3) is 0 Å². The van der Waals surface area contributed by atoms with Crippen molar-refractivity contribution in [3.63, 3.8) is 0 Å². The summed E-state index contributed by atoms with van der Waals surface area (Å²) in [6, 6.07) is 2.89. The first-order valence-electron chi connectivity index (χ1n) is 7.44. The number of nitrogens with zero attached hydrogens (tertiary/aromatic N) is 1. The molecule has 2 rings (SSSR count). The lowest BCUT2D eigenvalue weighted by atomic mass is 9.94. The fraction of sp³-hybridized carbons (Fsp3) is 1.00. The third kappa shape index (κ3) is 3.25. The van der Waals surface area contributed by atoms with Gasteiger partial charge >= 0.3 is 0 Å². The fourth-order valence-electron chi connectivity index (χ4n) is 3.66. The molecule has 0 aromatic rings. The number of methoxy groups -OCH3 is 1. The zero-order chi connectivity index (χ0) is 13.3. The molecule has 2 fully saturated rings. The van der Waals surface area contributed by atoms with Gasteiger partial charge in [-0.05, 0) is 59.9 Å². The molecule has 0 spiro atoms. The summed E-state index contributed by atoms with van der Waals surface area (Å²) in [6.45, 7) is 6.71. The van der Waals surface area contributed by atoms with Crippen molar-refractivity contribution in [1.29, 1.82) is 0 Å². The Morgan fingerprint density at radius 3 is 2.33 bits per heavy atom. The minimum atomic E-state index is -0.0143. The Morgan fingerprint density at radius 1 is 1.28 bits per heavy atom. The number of hydrogen-bond donors (Lipinski definition) is 1. The van der Waals surface area contributed by atoms with E-state index in [0.717, 1.165) is 24.5 Å². The SMILES string of the molecule is COC(C)(C)CC(C)N(C)C1CC2CCC(C1)N2. The van der Waals surface area contributed by atoms with E-state index in [-0.39, 0.29) is 5.60 Å². The second kappa shape index (κ2) is 5.48.